The van der Waals surface area contributed by atoms with Crippen LogP contribution in [0.4, 0.5) is 0 Å². The van der Waals surface area contributed by atoms with Crippen LogP contribution in [0.5, 0.6) is 0 Å². The average Bonchev–Trinajstić information content (AvgIpc) is 2.06. The highest BCUT2D eigenvalue weighted by Crippen LogP contribution is 2.31. The van der Waals surface area contributed by atoms with Gasteiger partial charge in [-0.3, -0.25) is 4.98 Å². The van der Waals surface area contributed by atoms with Gasteiger partial charge < -0.3 is 0 Å². The molecule has 0 bridgehead atoms. The summed E-state index contributed by atoms with van der Waals surface area (Å²) in [6.45, 7) is 0. The second-order valence-electron chi connectivity index (χ2n) is 2.96. The molecule has 1 nitrogen and oxygen atoms in total. The maximum atomic E-state index is 4.48. The van der Waals surface area contributed by atoms with Crippen molar-refractivity contribution in [1.29, 1.82) is 0 Å². The first-order valence-corrected chi connectivity index (χ1v) is 4.51. The molecule has 58 valence electrons. The van der Waals surface area contributed by atoms with Crippen LogP contribution in [0.2, 0.25) is 0 Å². The summed E-state index contributed by atoms with van der Waals surface area (Å²) >= 11 is 4.48. The van der Waals surface area contributed by atoms with E-state index >= 15 is 0 Å². The zero-order valence-electron chi connectivity index (χ0n) is 6.33. The van der Waals surface area contributed by atoms with Gasteiger partial charge >= 0.3 is 0 Å². The second-order valence-corrected chi connectivity index (χ2v) is 3.58. The van der Waals surface area contributed by atoms with E-state index in [9.17, 15) is 0 Å². The van der Waals surface area contributed by atoms with Gasteiger partial charge in [-0.05, 0) is 30.9 Å². The fourth-order valence-corrected chi connectivity index (χ4v) is 2.00. The van der Waals surface area contributed by atoms with Gasteiger partial charge in [0.25, 0.3) is 0 Å². The zero-order valence-corrected chi connectivity index (χ0v) is 7.22. The van der Waals surface area contributed by atoms with Gasteiger partial charge in [0, 0.05) is 11.4 Å². The highest BCUT2D eigenvalue weighted by atomic mass is 32.1. The summed E-state index contributed by atoms with van der Waals surface area (Å²) in [4.78, 5) is 4.32. The van der Waals surface area contributed by atoms with Crippen LogP contribution in [0.1, 0.15) is 29.3 Å². The minimum atomic E-state index is 0.375. The number of rotatable bonds is 0. The second kappa shape index (κ2) is 2.86. The van der Waals surface area contributed by atoms with Crippen molar-refractivity contribution in [3.63, 3.8) is 0 Å². The molecule has 0 aromatic carbocycles. The molecule has 2 rings (SSSR count). The number of nitrogens with zero attached hydrogens (tertiary/aromatic N) is 1. The lowest BCUT2D eigenvalue weighted by atomic mass is 9.96. The molecule has 0 N–H and O–H groups in total. The molecule has 0 saturated heterocycles. The Morgan fingerprint density at radius 3 is 3.27 bits per heavy atom. The van der Waals surface area contributed by atoms with Crippen molar-refractivity contribution in [3.8, 4) is 0 Å². The molecule has 1 unspecified atom stereocenters. The fourth-order valence-electron chi connectivity index (χ4n) is 1.58. The Labute approximate surface area is 72.3 Å². The van der Waals surface area contributed by atoms with Crippen LogP contribution in [-0.4, -0.2) is 4.98 Å². The van der Waals surface area contributed by atoms with Crippen molar-refractivity contribution in [3.05, 3.63) is 29.6 Å². The van der Waals surface area contributed by atoms with E-state index in [4.69, 9.17) is 0 Å². The fraction of sp³-hybridized carbons (Fsp3) is 0.444. The lowest BCUT2D eigenvalue weighted by Gasteiger charge is -2.19. The van der Waals surface area contributed by atoms with Crippen LogP contribution >= 0.6 is 12.6 Å². The van der Waals surface area contributed by atoms with E-state index in [2.05, 4.69) is 23.7 Å². The monoisotopic (exact) mass is 165 g/mol. The summed E-state index contributed by atoms with van der Waals surface area (Å²) in [5.41, 5.74) is 2.58. The molecule has 0 fully saturated rings. The third kappa shape index (κ3) is 1.27. The highest BCUT2D eigenvalue weighted by molar-refractivity contribution is 7.80. The van der Waals surface area contributed by atoms with Crippen molar-refractivity contribution in [2.75, 3.05) is 0 Å². The molecule has 1 aromatic heterocycles. The van der Waals surface area contributed by atoms with Crippen molar-refractivity contribution < 1.29 is 0 Å². The van der Waals surface area contributed by atoms with Crippen LogP contribution in [0.25, 0.3) is 0 Å². The van der Waals surface area contributed by atoms with Gasteiger partial charge in [0.1, 0.15) is 0 Å². The molecule has 1 aliphatic rings. The third-order valence-electron chi connectivity index (χ3n) is 2.17. The standard InChI is InChI=1S/C9H11NS/c11-8-5-1-3-7-4-2-6-10-9(7)8/h2,4,6,8,11H,1,3,5H2. The Morgan fingerprint density at radius 2 is 2.45 bits per heavy atom. The average molecular weight is 165 g/mol. The first-order chi connectivity index (χ1) is 5.38. The van der Waals surface area contributed by atoms with Crippen molar-refractivity contribution in [1.82, 2.24) is 4.98 Å². The molecular formula is C9H11NS. The summed E-state index contributed by atoms with van der Waals surface area (Å²) in [5.74, 6) is 0. The quantitative estimate of drug-likeness (QED) is 0.582. The number of hydrogen-bond donors (Lipinski definition) is 1. The van der Waals surface area contributed by atoms with Crippen molar-refractivity contribution in [2.45, 2.75) is 24.5 Å². The molecule has 1 aromatic rings. The van der Waals surface area contributed by atoms with Gasteiger partial charge in [0.05, 0.1) is 5.69 Å². The molecule has 1 heterocycles. The van der Waals surface area contributed by atoms with Gasteiger partial charge in [0.15, 0.2) is 0 Å². The number of aryl methyl sites for hydroxylation is 1. The van der Waals surface area contributed by atoms with E-state index in [0.29, 0.717) is 5.25 Å². The van der Waals surface area contributed by atoms with Gasteiger partial charge in [-0.1, -0.05) is 6.07 Å². The van der Waals surface area contributed by atoms with Gasteiger partial charge in [0.2, 0.25) is 0 Å². The topological polar surface area (TPSA) is 12.9 Å². The molecule has 2 heteroatoms. The number of pyridine rings is 1. The Balaban J connectivity index is 2.44. The minimum absolute atomic E-state index is 0.375. The molecule has 0 spiro atoms. The Bertz CT molecular complexity index is 259. The van der Waals surface area contributed by atoms with E-state index in [1.807, 2.05) is 12.3 Å². The summed E-state index contributed by atoms with van der Waals surface area (Å²) < 4.78 is 0. The number of hydrogen-bond acceptors (Lipinski definition) is 2. The molecular weight excluding hydrogens is 154 g/mol. The SMILES string of the molecule is SC1CCCc2cccnc21. The highest BCUT2D eigenvalue weighted by Gasteiger charge is 2.16. The van der Waals surface area contributed by atoms with Crippen molar-refractivity contribution >= 4 is 12.6 Å². The predicted molar refractivity (Wildman–Crippen MR) is 48.9 cm³/mol. The van der Waals surface area contributed by atoms with E-state index in [1.54, 1.807) is 0 Å². The summed E-state index contributed by atoms with van der Waals surface area (Å²) in [6, 6.07) is 4.16. The minimum Gasteiger partial charge on any atom is -0.260 e. The Kier molecular flexibility index (Phi) is 1.86. The van der Waals surface area contributed by atoms with E-state index in [1.165, 1.54) is 30.5 Å². The van der Waals surface area contributed by atoms with Gasteiger partial charge in [-0.25, -0.2) is 0 Å². The summed E-state index contributed by atoms with van der Waals surface area (Å²) in [7, 11) is 0. The first-order valence-electron chi connectivity index (χ1n) is 4.00. The molecule has 0 radical (unpaired) electrons. The summed E-state index contributed by atoms with van der Waals surface area (Å²) in [5, 5.41) is 0.375. The smallest absolute Gasteiger partial charge is 0.0562 e. The van der Waals surface area contributed by atoms with Crippen LogP contribution in [-0.2, 0) is 6.42 Å². The Hall–Kier alpha value is -0.500. The number of fused-ring (bicyclic) bond motifs is 1. The van der Waals surface area contributed by atoms with Crippen LogP contribution in [0.3, 0.4) is 0 Å². The third-order valence-corrected chi connectivity index (χ3v) is 2.67. The maximum Gasteiger partial charge on any atom is 0.0562 e. The van der Waals surface area contributed by atoms with E-state index < -0.39 is 0 Å². The number of aromatic nitrogens is 1. The molecule has 0 amide bonds. The normalized spacial score (nSPS) is 22.8. The molecule has 0 saturated carbocycles. The van der Waals surface area contributed by atoms with Crippen LogP contribution in [0.15, 0.2) is 18.3 Å². The van der Waals surface area contributed by atoms with E-state index in [0.717, 1.165) is 0 Å². The van der Waals surface area contributed by atoms with Gasteiger partial charge in [-0.15, -0.1) is 0 Å². The molecule has 1 aliphatic carbocycles. The predicted octanol–water partition coefficient (Wildman–Crippen LogP) is 2.39. The first kappa shape index (κ1) is 7.17. The zero-order chi connectivity index (χ0) is 7.68. The van der Waals surface area contributed by atoms with Gasteiger partial charge in [-0.2, -0.15) is 12.6 Å². The van der Waals surface area contributed by atoms with Crippen LogP contribution in [0, 0.1) is 0 Å². The molecule has 0 aliphatic heterocycles. The largest absolute Gasteiger partial charge is 0.260 e. The molecule has 1 atom stereocenters. The number of thiol groups is 1. The molecule has 11 heavy (non-hydrogen) atoms. The van der Waals surface area contributed by atoms with Crippen molar-refractivity contribution in [2.24, 2.45) is 0 Å². The lowest BCUT2D eigenvalue weighted by Crippen LogP contribution is -2.06. The maximum absolute atomic E-state index is 4.48. The lowest BCUT2D eigenvalue weighted by molar-refractivity contribution is 0.659. The summed E-state index contributed by atoms with van der Waals surface area (Å²) in [6.07, 6.45) is 5.47. The van der Waals surface area contributed by atoms with Crippen LogP contribution < -0.4 is 0 Å². The Morgan fingerprint density at radius 1 is 1.55 bits per heavy atom. The van der Waals surface area contributed by atoms with E-state index in [-0.39, 0.29) is 0 Å².